The molecule has 2 heterocycles. The standard InChI is InChI=1S/C18H19ClN2O2/c1-12(22)14-8-9-21(11-14)18(23)7-6-16-5-3-13-2-4-15(19)10-17(13)20-16/h2-7,10,12,14,22H,8-9,11H2,1H3/b7-6+. The van der Waals surface area contributed by atoms with E-state index in [0.29, 0.717) is 18.1 Å². The number of aliphatic hydroxyl groups is 1. The van der Waals surface area contributed by atoms with Gasteiger partial charge in [0, 0.05) is 35.5 Å². The maximum atomic E-state index is 12.2. The first-order valence-corrected chi connectivity index (χ1v) is 8.12. The summed E-state index contributed by atoms with van der Waals surface area (Å²) >= 11 is 5.98. The number of amides is 1. The Morgan fingerprint density at radius 3 is 2.96 bits per heavy atom. The van der Waals surface area contributed by atoms with E-state index in [9.17, 15) is 9.90 Å². The van der Waals surface area contributed by atoms with Gasteiger partial charge in [0.15, 0.2) is 0 Å². The van der Waals surface area contributed by atoms with Crippen LogP contribution in [0.2, 0.25) is 5.02 Å². The van der Waals surface area contributed by atoms with Crippen LogP contribution in [0, 0.1) is 5.92 Å². The van der Waals surface area contributed by atoms with Crippen molar-refractivity contribution < 1.29 is 9.90 Å². The maximum absolute atomic E-state index is 12.2. The number of aliphatic hydroxyl groups excluding tert-OH is 1. The van der Waals surface area contributed by atoms with E-state index >= 15 is 0 Å². The molecule has 2 atom stereocenters. The molecule has 2 unspecified atom stereocenters. The highest BCUT2D eigenvalue weighted by atomic mass is 35.5. The van der Waals surface area contributed by atoms with Crippen molar-refractivity contribution in [2.75, 3.05) is 13.1 Å². The third-order valence-electron chi connectivity index (χ3n) is 4.29. The summed E-state index contributed by atoms with van der Waals surface area (Å²) in [6.07, 6.45) is 3.74. The Hall–Kier alpha value is -1.91. The minimum atomic E-state index is -0.372. The molecule has 2 aromatic rings. The van der Waals surface area contributed by atoms with E-state index in [1.165, 1.54) is 0 Å². The van der Waals surface area contributed by atoms with Crippen LogP contribution in [0.25, 0.3) is 17.0 Å². The molecule has 0 radical (unpaired) electrons. The number of nitrogens with zero attached hydrogens (tertiary/aromatic N) is 2. The van der Waals surface area contributed by atoms with Gasteiger partial charge in [0.25, 0.3) is 0 Å². The summed E-state index contributed by atoms with van der Waals surface area (Å²) in [6, 6.07) is 9.40. The summed E-state index contributed by atoms with van der Waals surface area (Å²) in [5.74, 6) is 0.134. The van der Waals surface area contributed by atoms with Gasteiger partial charge in [-0.15, -0.1) is 0 Å². The molecule has 1 aromatic heterocycles. The minimum Gasteiger partial charge on any atom is -0.393 e. The average Bonchev–Trinajstić information content (AvgIpc) is 3.02. The van der Waals surface area contributed by atoms with Crippen LogP contribution in [0.1, 0.15) is 19.0 Å². The molecular formula is C18H19ClN2O2. The highest BCUT2D eigenvalue weighted by Gasteiger charge is 2.27. The van der Waals surface area contributed by atoms with Crippen molar-refractivity contribution in [1.82, 2.24) is 9.88 Å². The summed E-state index contributed by atoms with van der Waals surface area (Å²) in [6.45, 7) is 3.08. The van der Waals surface area contributed by atoms with Gasteiger partial charge in [0.2, 0.25) is 5.91 Å². The smallest absolute Gasteiger partial charge is 0.246 e. The SMILES string of the molecule is CC(O)C1CCN(C(=O)/C=C/c2ccc3ccc(Cl)cc3n2)C1. The normalized spacial score (nSPS) is 19.6. The molecule has 0 aliphatic carbocycles. The number of benzene rings is 1. The van der Waals surface area contributed by atoms with Crippen molar-refractivity contribution in [2.45, 2.75) is 19.4 Å². The zero-order chi connectivity index (χ0) is 16.4. The van der Waals surface area contributed by atoms with Gasteiger partial charge in [-0.2, -0.15) is 0 Å². The molecule has 5 heteroatoms. The lowest BCUT2D eigenvalue weighted by atomic mass is 10.0. The number of halogens is 1. The van der Waals surface area contributed by atoms with Gasteiger partial charge in [-0.25, -0.2) is 4.98 Å². The number of pyridine rings is 1. The first-order valence-electron chi connectivity index (χ1n) is 7.74. The van der Waals surface area contributed by atoms with Crippen molar-refractivity contribution >= 4 is 34.5 Å². The van der Waals surface area contributed by atoms with E-state index in [-0.39, 0.29) is 17.9 Å². The highest BCUT2D eigenvalue weighted by Crippen LogP contribution is 2.21. The molecular weight excluding hydrogens is 312 g/mol. The van der Waals surface area contributed by atoms with Crippen LogP contribution in [-0.4, -0.2) is 40.1 Å². The Labute approximate surface area is 140 Å². The Morgan fingerprint density at radius 1 is 1.43 bits per heavy atom. The molecule has 0 spiro atoms. The molecule has 1 aliphatic heterocycles. The fraction of sp³-hybridized carbons (Fsp3) is 0.333. The van der Waals surface area contributed by atoms with Crippen molar-refractivity contribution in [3.05, 3.63) is 47.1 Å². The third kappa shape index (κ3) is 3.71. The van der Waals surface area contributed by atoms with Gasteiger partial charge in [0.1, 0.15) is 0 Å². The lowest BCUT2D eigenvalue weighted by molar-refractivity contribution is -0.125. The lowest BCUT2D eigenvalue weighted by Gasteiger charge is -2.15. The number of carbonyl (C=O) groups excluding carboxylic acids is 1. The van der Waals surface area contributed by atoms with Crippen molar-refractivity contribution in [3.63, 3.8) is 0 Å². The van der Waals surface area contributed by atoms with Crippen molar-refractivity contribution in [3.8, 4) is 0 Å². The number of aromatic nitrogens is 1. The Morgan fingerprint density at radius 2 is 2.22 bits per heavy atom. The second-order valence-electron chi connectivity index (χ2n) is 5.98. The predicted molar refractivity (Wildman–Crippen MR) is 92.2 cm³/mol. The quantitative estimate of drug-likeness (QED) is 0.880. The van der Waals surface area contributed by atoms with E-state index in [2.05, 4.69) is 4.98 Å². The van der Waals surface area contributed by atoms with Gasteiger partial charge >= 0.3 is 0 Å². The highest BCUT2D eigenvalue weighted by molar-refractivity contribution is 6.31. The molecule has 120 valence electrons. The van der Waals surface area contributed by atoms with E-state index in [0.717, 1.165) is 23.0 Å². The molecule has 0 bridgehead atoms. The van der Waals surface area contributed by atoms with Gasteiger partial charge in [-0.1, -0.05) is 23.7 Å². The number of hydrogen-bond acceptors (Lipinski definition) is 3. The summed E-state index contributed by atoms with van der Waals surface area (Å²) in [4.78, 5) is 18.5. The number of hydrogen-bond donors (Lipinski definition) is 1. The summed E-state index contributed by atoms with van der Waals surface area (Å²) in [5.41, 5.74) is 1.53. The van der Waals surface area contributed by atoms with Crippen LogP contribution in [-0.2, 0) is 4.79 Å². The van der Waals surface area contributed by atoms with Crippen LogP contribution in [0.4, 0.5) is 0 Å². The van der Waals surface area contributed by atoms with E-state index < -0.39 is 0 Å². The van der Waals surface area contributed by atoms with E-state index in [1.54, 1.807) is 24.0 Å². The minimum absolute atomic E-state index is 0.0406. The van der Waals surface area contributed by atoms with Crippen molar-refractivity contribution in [2.24, 2.45) is 5.92 Å². The molecule has 1 amide bonds. The third-order valence-corrected chi connectivity index (χ3v) is 4.53. The summed E-state index contributed by atoms with van der Waals surface area (Å²) in [5, 5.41) is 11.3. The van der Waals surface area contributed by atoms with Crippen LogP contribution >= 0.6 is 11.6 Å². The van der Waals surface area contributed by atoms with Gasteiger partial charge < -0.3 is 10.0 Å². The molecule has 1 fully saturated rings. The van der Waals surface area contributed by atoms with Crippen molar-refractivity contribution in [1.29, 1.82) is 0 Å². The molecule has 1 aliphatic rings. The van der Waals surface area contributed by atoms with E-state index in [1.807, 2.05) is 30.3 Å². The Balaban J connectivity index is 1.71. The van der Waals surface area contributed by atoms with Gasteiger partial charge in [-0.05, 0) is 37.6 Å². The zero-order valence-electron chi connectivity index (χ0n) is 12.9. The first kappa shape index (κ1) is 16.0. The average molecular weight is 331 g/mol. The molecule has 1 saturated heterocycles. The molecule has 1 N–H and O–H groups in total. The fourth-order valence-corrected chi connectivity index (χ4v) is 3.01. The molecule has 4 nitrogen and oxygen atoms in total. The Kier molecular flexibility index (Phi) is 4.64. The molecule has 0 saturated carbocycles. The number of carbonyl (C=O) groups is 1. The van der Waals surface area contributed by atoms with Crippen LogP contribution in [0.3, 0.4) is 0 Å². The number of likely N-dealkylation sites (tertiary alicyclic amines) is 1. The largest absolute Gasteiger partial charge is 0.393 e. The Bertz CT molecular complexity index is 758. The van der Waals surface area contributed by atoms with Gasteiger partial charge in [0.05, 0.1) is 17.3 Å². The molecule has 1 aromatic carbocycles. The number of rotatable bonds is 3. The summed E-state index contributed by atoms with van der Waals surface area (Å²) < 4.78 is 0. The maximum Gasteiger partial charge on any atom is 0.246 e. The number of fused-ring (bicyclic) bond motifs is 1. The fourth-order valence-electron chi connectivity index (χ4n) is 2.84. The second-order valence-corrected chi connectivity index (χ2v) is 6.42. The van der Waals surface area contributed by atoms with Crippen LogP contribution < -0.4 is 0 Å². The summed E-state index contributed by atoms with van der Waals surface area (Å²) in [7, 11) is 0. The topological polar surface area (TPSA) is 53.4 Å². The first-order chi connectivity index (χ1) is 11.0. The molecule has 3 rings (SSSR count). The zero-order valence-corrected chi connectivity index (χ0v) is 13.7. The second kappa shape index (κ2) is 6.69. The van der Waals surface area contributed by atoms with E-state index in [4.69, 9.17) is 11.6 Å². The van der Waals surface area contributed by atoms with Crippen LogP contribution in [0.5, 0.6) is 0 Å². The van der Waals surface area contributed by atoms with Gasteiger partial charge in [-0.3, -0.25) is 4.79 Å². The van der Waals surface area contributed by atoms with Crippen LogP contribution in [0.15, 0.2) is 36.4 Å². The predicted octanol–water partition coefficient (Wildman–Crippen LogP) is 3.13. The monoisotopic (exact) mass is 330 g/mol. The molecule has 23 heavy (non-hydrogen) atoms. The lowest BCUT2D eigenvalue weighted by Crippen LogP contribution is -2.28.